The summed E-state index contributed by atoms with van der Waals surface area (Å²) in [7, 11) is 1.95. The topological polar surface area (TPSA) is 41.3 Å². The highest BCUT2D eigenvalue weighted by atomic mass is 16.3. The van der Waals surface area contributed by atoms with E-state index in [2.05, 4.69) is 16.2 Å². The third kappa shape index (κ3) is 3.16. The molecule has 1 unspecified atom stereocenters. The summed E-state index contributed by atoms with van der Waals surface area (Å²) in [5.74, 6) is 0. The van der Waals surface area contributed by atoms with Crippen LogP contribution in [0.4, 0.5) is 0 Å². The molecule has 21 heavy (non-hydrogen) atoms. The van der Waals surface area contributed by atoms with Crippen molar-refractivity contribution in [1.82, 2.24) is 14.7 Å². The number of aryl methyl sites for hydroxylation is 2. The molecule has 118 valence electrons. The average molecular weight is 291 g/mol. The van der Waals surface area contributed by atoms with Crippen molar-refractivity contribution >= 4 is 0 Å². The van der Waals surface area contributed by atoms with Gasteiger partial charge in [-0.05, 0) is 57.2 Å². The first-order chi connectivity index (χ1) is 10.2. The van der Waals surface area contributed by atoms with Gasteiger partial charge in [0.25, 0.3) is 0 Å². The van der Waals surface area contributed by atoms with Crippen molar-refractivity contribution in [2.45, 2.75) is 69.4 Å². The molecule has 2 heterocycles. The summed E-state index contributed by atoms with van der Waals surface area (Å²) in [6, 6.07) is 0. The second-order valence-electron chi connectivity index (χ2n) is 6.94. The normalized spacial score (nSPS) is 24.3. The molecule has 1 saturated heterocycles. The molecule has 0 bridgehead atoms. The highest BCUT2D eigenvalue weighted by Gasteiger charge is 2.45. The number of hydrogen-bond donors (Lipinski definition) is 1. The number of aromatic nitrogens is 2. The van der Waals surface area contributed by atoms with Gasteiger partial charge in [-0.25, -0.2) is 0 Å². The van der Waals surface area contributed by atoms with E-state index in [-0.39, 0.29) is 11.6 Å². The Labute approximate surface area is 128 Å². The summed E-state index contributed by atoms with van der Waals surface area (Å²) < 4.78 is 1.84. The largest absolute Gasteiger partial charge is 0.391 e. The smallest absolute Gasteiger partial charge is 0.0727 e. The zero-order valence-electron chi connectivity index (χ0n) is 13.3. The van der Waals surface area contributed by atoms with E-state index >= 15 is 0 Å². The minimum atomic E-state index is -0.196. The Balaban J connectivity index is 1.65. The summed E-state index contributed by atoms with van der Waals surface area (Å²) in [6.45, 7) is 2.37. The van der Waals surface area contributed by atoms with Gasteiger partial charge in [-0.15, -0.1) is 0 Å². The first kappa shape index (κ1) is 15.0. The van der Waals surface area contributed by atoms with Crippen LogP contribution in [0.5, 0.6) is 0 Å². The zero-order chi connectivity index (χ0) is 14.7. The Morgan fingerprint density at radius 2 is 1.90 bits per heavy atom. The minimum Gasteiger partial charge on any atom is -0.391 e. The fourth-order valence-corrected chi connectivity index (χ4v) is 4.36. The van der Waals surface area contributed by atoms with Gasteiger partial charge in [-0.1, -0.05) is 19.3 Å². The van der Waals surface area contributed by atoms with Gasteiger partial charge in [-0.2, -0.15) is 5.10 Å². The summed E-state index contributed by atoms with van der Waals surface area (Å²) in [5, 5.41) is 15.2. The van der Waals surface area contributed by atoms with Gasteiger partial charge in [0.15, 0.2) is 0 Å². The number of hydrogen-bond acceptors (Lipinski definition) is 3. The van der Waals surface area contributed by atoms with Crippen molar-refractivity contribution in [3.63, 3.8) is 0 Å². The lowest BCUT2D eigenvalue weighted by atomic mass is 9.83. The molecule has 0 aromatic carbocycles. The van der Waals surface area contributed by atoms with E-state index in [1.807, 2.05) is 17.9 Å². The van der Waals surface area contributed by atoms with E-state index in [1.54, 1.807) is 0 Å². The SMILES string of the molecule is Cn1cc(CCC(O)C2(N3CCCCC3)CCCC2)cn1. The van der Waals surface area contributed by atoms with Crippen molar-refractivity contribution < 1.29 is 5.11 Å². The van der Waals surface area contributed by atoms with Gasteiger partial charge >= 0.3 is 0 Å². The fraction of sp³-hybridized carbons (Fsp3) is 0.824. The molecule has 3 rings (SSSR count). The van der Waals surface area contributed by atoms with Gasteiger partial charge in [-0.3, -0.25) is 9.58 Å². The van der Waals surface area contributed by atoms with E-state index in [1.165, 1.54) is 63.6 Å². The maximum absolute atomic E-state index is 11.0. The standard InChI is InChI=1S/C17H29N3O/c1-19-14-15(13-18-19)7-8-16(21)17(9-3-4-10-17)20-11-5-2-6-12-20/h13-14,16,21H,2-12H2,1H3. The summed E-state index contributed by atoms with van der Waals surface area (Å²) >= 11 is 0. The molecule has 1 aliphatic heterocycles. The average Bonchev–Trinajstić information content (AvgIpc) is 3.15. The fourth-order valence-electron chi connectivity index (χ4n) is 4.36. The Bertz CT molecular complexity index is 445. The molecular weight excluding hydrogens is 262 g/mol. The van der Waals surface area contributed by atoms with E-state index in [0.717, 1.165) is 12.8 Å². The van der Waals surface area contributed by atoms with Crippen LogP contribution in [0.1, 0.15) is 56.9 Å². The number of nitrogens with zero attached hydrogens (tertiary/aromatic N) is 3. The Morgan fingerprint density at radius 1 is 1.19 bits per heavy atom. The van der Waals surface area contributed by atoms with Crippen molar-refractivity contribution in [3.05, 3.63) is 18.0 Å². The molecule has 0 amide bonds. The van der Waals surface area contributed by atoms with Crippen LogP contribution >= 0.6 is 0 Å². The Kier molecular flexibility index (Phi) is 4.65. The molecule has 1 aromatic heterocycles. The second kappa shape index (κ2) is 6.49. The number of likely N-dealkylation sites (tertiary alicyclic amines) is 1. The predicted molar refractivity (Wildman–Crippen MR) is 84.2 cm³/mol. The molecular formula is C17H29N3O. The van der Waals surface area contributed by atoms with E-state index < -0.39 is 0 Å². The lowest BCUT2D eigenvalue weighted by Gasteiger charge is -2.46. The molecule has 1 aromatic rings. The monoisotopic (exact) mass is 291 g/mol. The first-order valence-corrected chi connectivity index (χ1v) is 8.61. The highest BCUT2D eigenvalue weighted by Crippen LogP contribution is 2.40. The first-order valence-electron chi connectivity index (χ1n) is 8.61. The van der Waals surface area contributed by atoms with Crippen LogP contribution in [0.15, 0.2) is 12.4 Å². The van der Waals surface area contributed by atoms with Gasteiger partial charge < -0.3 is 5.11 Å². The third-order valence-corrected chi connectivity index (χ3v) is 5.54. The third-order valence-electron chi connectivity index (χ3n) is 5.54. The van der Waals surface area contributed by atoms with Crippen LogP contribution in [0.2, 0.25) is 0 Å². The Morgan fingerprint density at radius 3 is 2.52 bits per heavy atom. The molecule has 2 fully saturated rings. The van der Waals surface area contributed by atoms with Crippen molar-refractivity contribution in [2.24, 2.45) is 7.05 Å². The summed E-state index contributed by atoms with van der Waals surface area (Å²) in [4.78, 5) is 2.62. The maximum Gasteiger partial charge on any atom is 0.0727 e. The highest BCUT2D eigenvalue weighted by molar-refractivity contribution is 5.07. The molecule has 1 aliphatic carbocycles. The van der Waals surface area contributed by atoms with E-state index in [4.69, 9.17) is 0 Å². The van der Waals surface area contributed by atoms with E-state index in [0.29, 0.717) is 0 Å². The lowest BCUT2D eigenvalue weighted by molar-refractivity contribution is -0.0419. The summed E-state index contributed by atoms with van der Waals surface area (Å²) in [5.41, 5.74) is 1.31. The molecule has 0 radical (unpaired) electrons. The minimum absolute atomic E-state index is 0.0721. The van der Waals surface area contributed by atoms with Crippen molar-refractivity contribution in [3.8, 4) is 0 Å². The summed E-state index contributed by atoms with van der Waals surface area (Å²) in [6.07, 6.45) is 14.5. The quantitative estimate of drug-likeness (QED) is 0.906. The second-order valence-corrected chi connectivity index (χ2v) is 6.94. The molecule has 4 nitrogen and oxygen atoms in total. The number of piperidine rings is 1. The molecule has 2 aliphatic rings. The van der Waals surface area contributed by atoms with Gasteiger partial charge in [0, 0.05) is 18.8 Å². The van der Waals surface area contributed by atoms with Gasteiger partial charge in [0.1, 0.15) is 0 Å². The predicted octanol–water partition coefficient (Wildman–Crippen LogP) is 2.51. The zero-order valence-corrected chi connectivity index (χ0v) is 13.3. The van der Waals surface area contributed by atoms with Crippen LogP contribution in [0.3, 0.4) is 0 Å². The van der Waals surface area contributed by atoms with Crippen LogP contribution in [0, 0.1) is 0 Å². The molecule has 1 N–H and O–H groups in total. The van der Waals surface area contributed by atoms with E-state index in [9.17, 15) is 5.11 Å². The molecule has 4 heteroatoms. The van der Waals surface area contributed by atoms with Crippen LogP contribution in [-0.4, -0.2) is 44.5 Å². The van der Waals surface area contributed by atoms with Crippen LogP contribution in [0.25, 0.3) is 0 Å². The van der Waals surface area contributed by atoms with Crippen LogP contribution in [-0.2, 0) is 13.5 Å². The van der Waals surface area contributed by atoms with Gasteiger partial charge in [0.2, 0.25) is 0 Å². The number of aliphatic hydroxyl groups is 1. The number of rotatable bonds is 5. The number of aliphatic hydroxyl groups excluding tert-OH is 1. The van der Waals surface area contributed by atoms with Crippen molar-refractivity contribution in [1.29, 1.82) is 0 Å². The van der Waals surface area contributed by atoms with Crippen molar-refractivity contribution in [2.75, 3.05) is 13.1 Å². The molecule has 1 saturated carbocycles. The Hall–Kier alpha value is -0.870. The molecule has 1 atom stereocenters. The van der Waals surface area contributed by atoms with Gasteiger partial charge in [0.05, 0.1) is 12.3 Å². The maximum atomic E-state index is 11.0. The van der Waals surface area contributed by atoms with Crippen LogP contribution < -0.4 is 0 Å². The lowest BCUT2D eigenvalue weighted by Crippen LogP contribution is -2.56. The molecule has 0 spiro atoms.